The summed E-state index contributed by atoms with van der Waals surface area (Å²) in [6, 6.07) is 8.90. The summed E-state index contributed by atoms with van der Waals surface area (Å²) in [5, 5.41) is 27.8. The van der Waals surface area contributed by atoms with Gasteiger partial charge in [0.15, 0.2) is 0 Å². The van der Waals surface area contributed by atoms with E-state index in [0.29, 0.717) is 47.8 Å². The van der Waals surface area contributed by atoms with E-state index in [4.69, 9.17) is 21.4 Å². The number of rotatable bonds is 9. The van der Waals surface area contributed by atoms with Gasteiger partial charge in [-0.05, 0) is 54.3 Å². The smallest absolute Gasteiger partial charge is 0.224 e. The van der Waals surface area contributed by atoms with Crippen LogP contribution in [0.5, 0.6) is 0 Å². The van der Waals surface area contributed by atoms with Gasteiger partial charge in [0.1, 0.15) is 18.1 Å². The van der Waals surface area contributed by atoms with Gasteiger partial charge in [-0.25, -0.2) is 14.6 Å². The molecule has 0 amide bonds. The van der Waals surface area contributed by atoms with Crippen LogP contribution in [0.25, 0.3) is 11.3 Å². The zero-order chi connectivity index (χ0) is 27.4. The fourth-order valence-electron chi connectivity index (χ4n) is 6.59. The molecule has 1 saturated carbocycles. The van der Waals surface area contributed by atoms with E-state index in [9.17, 15) is 10.2 Å². The Bertz CT molecular complexity index is 1360. The number of aliphatic hydroxyl groups is 2. The van der Waals surface area contributed by atoms with Crippen molar-refractivity contribution in [1.29, 1.82) is 0 Å². The number of hydrogen-bond acceptors (Lipinski definition) is 7. The summed E-state index contributed by atoms with van der Waals surface area (Å²) in [5.74, 6) is 2.00. The van der Waals surface area contributed by atoms with Gasteiger partial charge in [-0.15, -0.1) is 0 Å². The lowest BCUT2D eigenvalue weighted by Gasteiger charge is -2.34. The van der Waals surface area contributed by atoms with Crippen molar-refractivity contribution in [2.24, 2.45) is 11.8 Å². The molecule has 1 aromatic carbocycles. The molecule has 8 nitrogen and oxygen atoms in total. The van der Waals surface area contributed by atoms with Crippen molar-refractivity contribution >= 4 is 25.5 Å². The highest BCUT2D eigenvalue weighted by atomic mass is 35.5. The van der Waals surface area contributed by atoms with Gasteiger partial charge in [0, 0.05) is 57.1 Å². The summed E-state index contributed by atoms with van der Waals surface area (Å²) in [5.41, 5.74) is 2.98. The standard InChI is InChI=1S/C29H38ClN5O3Si/c1-39(2,3)11-10-38-18-35-16-24-26(33-35)21-6-4-5-7-23(21)29(24,37)13-25-22(17-36)27(32-28(30)31-25)34-14-19-8-9-20(12-19)15-34/h4-7,16,19-20,36-37H,8-15,17-18H2,1-3H3/t19-,20+,29?. The summed E-state index contributed by atoms with van der Waals surface area (Å²) in [4.78, 5) is 11.4. The molecule has 2 bridgehead atoms. The van der Waals surface area contributed by atoms with E-state index >= 15 is 0 Å². The largest absolute Gasteiger partial charge is 0.391 e. The topological polar surface area (TPSA) is 96.5 Å². The number of nitrogens with zero attached hydrogens (tertiary/aromatic N) is 5. The van der Waals surface area contributed by atoms with Crippen molar-refractivity contribution in [3.8, 4) is 11.3 Å². The van der Waals surface area contributed by atoms with E-state index in [1.165, 1.54) is 19.3 Å². The number of aliphatic hydroxyl groups excluding tert-OH is 1. The number of fused-ring (bicyclic) bond motifs is 5. The quantitative estimate of drug-likeness (QED) is 0.217. The third-order valence-corrected chi connectivity index (χ3v) is 10.5. The highest BCUT2D eigenvalue weighted by molar-refractivity contribution is 6.76. The first-order chi connectivity index (χ1) is 18.6. The second-order valence-corrected chi connectivity index (χ2v) is 18.7. The van der Waals surface area contributed by atoms with E-state index in [2.05, 4.69) is 34.5 Å². The normalized spacial score (nSPS) is 23.8. The van der Waals surface area contributed by atoms with E-state index in [1.807, 2.05) is 30.5 Å². The lowest BCUT2D eigenvalue weighted by atomic mass is 9.86. The average molecular weight is 568 g/mol. The predicted octanol–water partition coefficient (Wildman–Crippen LogP) is 4.83. The van der Waals surface area contributed by atoms with Crippen LogP contribution in [0.15, 0.2) is 30.5 Å². The third kappa shape index (κ3) is 5.15. The van der Waals surface area contributed by atoms with Gasteiger partial charge in [0.05, 0.1) is 18.0 Å². The molecule has 0 spiro atoms. The third-order valence-electron chi connectivity index (χ3n) is 8.59. The predicted molar refractivity (Wildman–Crippen MR) is 154 cm³/mol. The van der Waals surface area contributed by atoms with Crippen LogP contribution < -0.4 is 4.90 Å². The maximum atomic E-state index is 12.4. The van der Waals surface area contributed by atoms with Crippen molar-refractivity contribution < 1.29 is 14.9 Å². The van der Waals surface area contributed by atoms with Gasteiger partial charge < -0.3 is 19.8 Å². The van der Waals surface area contributed by atoms with Crippen LogP contribution >= 0.6 is 11.6 Å². The van der Waals surface area contributed by atoms with E-state index in [1.54, 1.807) is 4.68 Å². The minimum atomic E-state index is -1.37. The van der Waals surface area contributed by atoms with Crippen LogP contribution in [-0.4, -0.2) is 57.7 Å². The van der Waals surface area contributed by atoms with E-state index < -0.39 is 13.7 Å². The molecule has 3 aliphatic rings. The first-order valence-electron chi connectivity index (χ1n) is 14.0. The molecule has 2 aliphatic carbocycles. The average Bonchev–Trinajstić information content (AvgIpc) is 3.54. The van der Waals surface area contributed by atoms with Crippen LogP contribution in [-0.2, 0) is 30.1 Å². The van der Waals surface area contributed by atoms with Crippen LogP contribution in [0, 0.1) is 11.8 Å². The zero-order valence-corrected chi connectivity index (χ0v) is 24.8. The van der Waals surface area contributed by atoms with Crippen molar-refractivity contribution in [3.05, 3.63) is 58.1 Å². The van der Waals surface area contributed by atoms with Gasteiger partial charge >= 0.3 is 0 Å². The number of piperidine rings is 1. The minimum Gasteiger partial charge on any atom is -0.391 e. The van der Waals surface area contributed by atoms with Crippen LogP contribution in [0.3, 0.4) is 0 Å². The van der Waals surface area contributed by atoms with Crippen LogP contribution in [0.4, 0.5) is 5.82 Å². The Labute approximate surface area is 236 Å². The summed E-state index contributed by atoms with van der Waals surface area (Å²) < 4.78 is 7.71. The molecule has 1 unspecified atom stereocenters. The number of ether oxygens (including phenoxy) is 1. The number of aromatic nitrogens is 4. The van der Waals surface area contributed by atoms with Gasteiger partial charge in [-0.3, -0.25) is 0 Å². The van der Waals surface area contributed by atoms with E-state index in [-0.39, 0.29) is 18.3 Å². The minimum absolute atomic E-state index is 0.136. The maximum absolute atomic E-state index is 12.4. The van der Waals surface area contributed by atoms with Gasteiger partial charge in [-0.1, -0.05) is 43.9 Å². The summed E-state index contributed by atoms with van der Waals surface area (Å²) in [6.07, 6.45) is 5.79. The van der Waals surface area contributed by atoms with Gasteiger partial charge in [0.2, 0.25) is 5.28 Å². The molecule has 3 heterocycles. The second kappa shape index (κ2) is 10.3. The first-order valence-corrected chi connectivity index (χ1v) is 18.1. The van der Waals surface area contributed by atoms with Crippen molar-refractivity contribution in [2.45, 2.75) is 70.3 Å². The molecule has 1 aliphatic heterocycles. The summed E-state index contributed by atoms with van der Waals surface area (Å²) in [6.45, 7) is 9.63. The molecule has 208 valence electrons. The summed E-state index contributed by atoms with van der Waals surface area (Å²) >= 11 is 6.48. The molecular formula is C29H38ClN5O3Si. The monoisotopic (exact) mass is 567 g/mol. The molecule has 39 heavy (non-hydrogen) atoms. The number of benzene rings is 1. The molecule has 0 radical (unpaired) electrons. The number of halogens is 1. The molecule has 2 aromatic heterocycles. The second-order valence-electron chi connectivity index (χ2n) is 12.7. The van der Waals surface area contributed by atoms with Crippen molar-refractivity contribution in [2.75, 3.05) is 24.6 Å². The first kappa shape index (κ1) is 26.9. The molecule has 6 rings (SSSR count). The van der Waals surface area contributed by atoms with Crippen LogP contribution in [0.2, 0.25) is 31.0 Å². The number of hydrogen-bond donors (Lipinski definition) is 2. The Morgan fingerprint density at radius 1 is 1.10 bits per heavy atom. The lowest BCUT2D eigenvalue weighted by Crippen LogP contribution is -2.38. The molecule has 10 heteroatoms. The zero-order valence-electron chi connectivity index (χ0n) is 23.0. The highest BCUT2D eigenvalue weighted by Gasteiger charge is 2.45. The molecule has 2 fully saturated rings. The molecule has 3 atom stereocenters. The highest BCUT2D eigenvalue weighted by Crippen LogP contribution is 2.49. The fraction of sp³-hybridized carbons (Fsp3) is 0.552. The summed E-state index contributed by atoms with van der Waals surface area (Å²) in [7, 11) is -1.19. The molecule has 1 saturated heterocycles. The maximum Gasteiger partial charge on any atom is 0.224 e. The van der Waals surface area contributed by atoms with E-state index in [0.717, 1.165) is 36.0 Å². The fourth-order valence-corrected chi connectivity index (χ4v) is 7.53. The number of anilines is 1. The Morgan fingerprint density at radius 2 is 1.85 bits per heavy atom. The molecular weight excluding hydrogens is 530 g/mol. The SMILES string of the molecule is C[Si](C)(C)CCOCn1cc2c(n1)-c1ccccc1C2(O)Cc1nc(Cl)nc(N2C[C@@H]3CC[C@@H](C3)C2)c1CO. The lowest BCUT2D eigenvalue weighted by molar-refractivity contribution is 0.0740. The molecule has 3 aromatic rings. The Balaban J connectivity index is 1.33. The van der Waals surface area contributed by atoms with Crippen LogP contribution in [0.1, 0.15) is 41.6 Å². The van der Waals surface area contributed by atoms with Crippen molar-refractivity contribution in [3.63, 3.8) is 0 Å². The Hall–Kier alpha value is -2.30. The van der Waals surface area contributed by atoms with Gasteiger partial charge in [0.25, 0.3) is 0 Å². The Morgan fingerprint density at radius 3 is 2.56 bits per heavy atom. The Kier molecular flexibility index (Phi) is 7.08. The van der Waals surface area contributed by atoms with Crippen molar-refractivity contribution in [1.82, 2.24) is 19.7 Å². The van der Waals surface area contributed by atoms with Gasteiger partial charge in [-0.2, -0.15) is 5.10 Å². The molecule has 2 N–H and O–H groups in total.